The van der Waals surface area contributed by atoms with E-state index in [1.165, 1.54) is 113 Å². The third kappa shape index (κ3) is 3.90. The fourth-order valence-corrected chi connectivity index (χ4v) is 10.6. The van der Waals surface area contributed by atoms with Crippen LogP contribution < -0.4 is 4.90 Å². The molecule has 0 N–H and O–H groups in total. The van der Waals surface area contributed by atoms with Gasteiger partial charge in [0.25, 0.3) is 0 Å². The molecule has 2 nitrogen and oxygen atoms in total. The molecule has 1 saturated carbocycles. The highest BCUT2D eigenvalue weighted by Gasteiger charge is 2.45. The number of hydrogen-bond donors (Lipinski definition) is 0. The van der Waals surface area contributed by atoms with Crippen LogP contribution >= 0.6 is 11.3 Å². The maximum absolute atomic E-state index is 2.55. The first-order chi connectivity index (χ1) is 24.8. The van der Waals surface area contributed by atoms with Gasteiger partial charge in [-0.3, -0.25) is 0 Å². The number of hydrogen-bond acceptors (Lipinski definition) is 2. The molecule has 238 valence electrons. The zero-order valence-electron chi connectivity index (χ0n) is 27.6. The molecule has 2 aromatic heterocycles. The summed E-state index contributed by atoms with van der Waals surface area (Å²) < 4.78 is 5.07. The van der Waals surface area contributed by atoms with Crippen molar-refractivity contribution in [1.82, 2.24) is 4.57 Å². The van der Waals surface area contributed by atoms with E-state index in [1.54, 1.807) is 0 Å². The Bertz CT molecular complexity index is 2780. The van der Waals surface area contributed by atoms with Crippen molar-refractivity contribution in [2.24, 2.45) is 0 Å². The number of nitrogens with zero attached hydrogens (tertiary/aromatic N) is 2. The van der Waals surface area contributed by atoms with Gasteiger partial charge in [-0.1, -0.05) is 116 Å². The molecule has 9 aromatic rings. The lowest BCUT2D eigenvalue weighted by Crippen LogP contribution is -2.21. The highest BCUT2D eigenvalue weighted by Crippen LogP contribution is 2.58. The number of anilines is 3. The van der Waals surface area contributed by atoms with Crippen molar-refractivity contribution in [2.45, 2.75) is 31.1 Å². The molecule has 0 bridgehead atoms. The third-order valence-electron chi connectivity index (χ3n) is 11.5. The molecular weight excluding hydrogens is 625 g/mol. The normalized spacial score (nSPS) is 14.6. The molecule has 7 aromatic carbocycles. The zero-order chi connectivity index (χ0) is 32.8. The molecule has 2 aliphatic rings. The van der Waals surface area contributed by atoms with E-state index in [1.807, 2.05) is 11.3 Å². The number of para-hydroxylation sites is 2. The van der Waals surface area contributed by atoms with Crippen LogP contribution in [0.3, 0.4) is 0 Å². The molecular formula is C47H34N2S. The Balaban J connectivity index is 1.20. The van der Waals surface area contributed by atoms with Crippen LogP contribution in [0.5, 0.6) is 0 Å². The molecule has 1 spiro atoms. The molecule has 50 heavy (non-hydrogen) atoms. The smallest absolute Gasteiger partial charge is 0.0640 e. The fraction of sp³-hybridized carbons (Fsp3) is 0.106. The predicted octanol–water partition coefficient (Wildman–Crippen LogP) is 13.5. The molecule has 0 radical (unpaired) electrons. The van der Waals surface area contributed by atoms with Gasteiger partial charge >= 0.3 is 0 Å². The first-order valence-corrected chi connectivity index (χ1v) is 18.6. The number of fused-ring (bicyclic) bond motifs is 11. The molecule has 0 saturated heterocycles. The largest absolute Gasteiger partial charge is 0.309 e. The molecule has 2 aliphatic carbocycles. The van der Waals surface area contributed by atoms with Gasteiger partial charge in [-0.25, -0.2) is 0 Å². The SMILES string of the molecule is c1ccc(-n2c3ccccc3c3ccc(N(c4ccc5c(c4)C4(CCCC4)c4ccccc4-5)c4cccc5c4sc4ccccc45)cc32)cc1. The Kier molecular flexibility index (Phi) is 6.03. The van der Waals surface area contributed by atoms with Crippen LogP contribution in [0, 0.1) is 0 Å². The van der Waals surface area contributed by atoms with Crippen molar-refractivity contribution in [3.8, 4) is 16.8 Å². The standard InChI is InChI=1S/C47H34N2S/c1-2-13-31(14-3-1)49-42-20-8-5-16-36(42)37-26-24-33(30-44(37)49)48(43-21-12-18-39-38-17-6-9-22-45(38)50-46(39)43)32-23-25-35-34-15-4-7-19-40(34)47(41(35)29-32)27-10-11-28-47/h1-9,12-26,29-30H,10-11,27-28H2. The lowest BCUT2D eigenvalue weighted by molar-refractivity contribution is 0.550. The van der Waals surface area contributed by atoms with Crippen molar-refractivity contribution in [3.63, 3.8) is 0 Å². The first-order valence-electron chi connectivity index (χ1n) is 17.8. The molecule has 0 unspecified atom stereocenters. The lowest BCUT2D eigenvalue weighted by atomic mass is 9.76. The second kappa shape index (κ2) is 10.7. The predicted molar refractivity (Wildman–Crippen MR) is 213 cm³/mol. The Labute approximate surface area is 295 Å². The minimum Gasteiger partial charge on any atom is -0.309 e. The molecule has 11 rings (SSSR count). The van der Waals surface area contributed by atoms with Gasteiger partial charge in [0.15, 0.2) is 0 Å². The monoisotopic (exact) mass is 658 g/mol. The fourth-order valence-electron chi connectivity index (χ4n) is 9.39. The van der Waals surface area contributed by atoms with Crippen molar-refractivity contribution in [3.05, 3.63) is 169 Å². The maximum atomic E-state index is 2.55. The highest BCUT2D eigenvalue weighted by atomic mass is 32.1. The van der Waals surface area contributed by atoms with Crippen LogP contribution in [-0.4, -0.2) is 4.57 Å². The van der Waals surface area contributed by atoms with Gasteiger partial charge in [-0.2, -0.15) is 0 Å². The molecule has 0 aliphatic heterocycles. The zero-order valence-corrected chi connectivity index (χ0v) is 28.5. The summed E-state index contributed by atoms with van der Waals surface area (Å²) in [5.41, 5.74) is 13.2. The summed E-state index contributed by atoms with van der Waals surface area (Å²) in [6.07, 6.45) is 5.00. The van der Waals surface area contributed by atoms with E-state index in [4.69, 9.17) is 0 Å². The first kappa shape index (κ1) is 28.2. The molecule has 0 amide bonds. The quantitative estimate of drug-likeness (QED) is 0.183. The van der Waals surface area contributed by atoms with Gasteiger partial charge in [-0.15, -0.1) is 11.3 Å². The summed E-state index contributed by atoms with van der Waals surface area (Å²) in [6, 6.07) is 58.9. The average molecular weight is 659 g/mol. The van der Waals surface area contributed by atoms with Gasteiger partial charge in [0, 0.05) is 48.7 Å². The second-order valence-corrected chi connectivity index (χ2v) is 15.1. The van der Waals surface area contributed by atoms with Crippen LogP contribution in [-0.2, 0) is 5.41 Å². The Hall–Kier alpha value is -5.64. The van der Waals surface area contributed by atoms with Crippen LogP contribution in [0.4, 0.5) is 17.1 Å². The molecule has 0 atom stereocenters. The summed E-state index contributed by atoms with van der Waals surface area (Å²) in [5.74, 6) is 0. The van der Waals surface area contributed by atoms with Crippen LogP contribution in [0.15, 0.2) is 158 Å². The van der Waals surface area contributed by atoms with E-state index >= 15 is 0 Å². The lowest BCUT2D eigenvalue weighted by Gasteiger charge is -2.30. The Morgan fingerprint density at radius 2 is 1.18 bits per heavy atom. The van der Waals surface area contributed by atoms with E-state index in [0.717, 1.165) is 0 Å². The molecule has 2 heterocycles. The summed E-state index contributed by atoms with van der Waals surface area (Å²) in [5, 5.41) is 5.17. The number of aromatic nitrogens is 1. The minimum absolute atomic E-state index is 0.0981. The maximum Gasteiger partial charge on any atom is 0.0640 e. The average Bonchev–Trinajstić information content (AvgIpc) is 3.95. The van der Waals surface area contributed by atoms with E-state index in [2.05, 4.69) is 167 Å². The summed E-state index contributed by atoms with van der Waals surface area (Å²) in [4.78, 5) is 2.54. The van der Waals surface area contributed by atoms with Gasteiger partial charge in [-0.05, 0) is 89.7 Å². The number of thiophene rings is 1. The van der Waals surface area contributed by atoms with Crippen molar-refractivity contribution < 1.29 is 0 Å². The Morgan fingerprint density at radius 3 is 2.08 bits per heavy atom. The van der Waals surface area contributed by atoms with Crippen molar-refractivity contribution in [1.29, 1.82) is 0 Å². The van der Waals surface area contributed by atoms with Gasteiger partial charge in [0.2, 0.25) is 0 Å². The molecule has 1 fully saturated rings. The van der Waals surface area contributed by atoms with Gasteiger partial charge in [0.05, 0.1) is 21.4 Å². The summed E-state index contributed by atoms with van der Waals surface area (Å²) in [7, 11) is 0. The third-order valence-corrected chi connectivity index (χ3v) is 12.7. The second-order valence-electron chi connectivity index (χ2n) is 14.0. The van der Waals surface area contributed by atoms with E-state index in [9.17, 15) is 0 Å². The Morgan fingerprint density at radius 1 is 0.500 bits per heavy atom. The van der Waals surface area contributed by atoms with Gasteiger partial charge < -0.3 is 9.47 Å². The van der Waals surface area contributed by atoms with E-state index < -0.39 is 0 Å². The topological polar surface area (TPSA) is 8.17 Å². The van der Waals surface area contributed by atoms with E-state index in [-0.39, 0.29) is 5.41 Å². The van der Waals surface area contributed by atoms with Crippen molar-refractivity contribution in [2.75, 3.05) is 4.90 Å². The minimum atomic E-state index is 0.0981. The van der Waals surface area contributed by atoms with Crippen LogP contribution in [0.1, 0.15) is 36.8 Å². The number of rotatable bonds is 4. The van der Waals surface area contributed by atoms with Crippen molar-refractivity contribution >= 4 is 70.4 Å². The van der Waals surface area contributed by atoms with Crippen LogP contribution in [0.25, 0.3) is 58.8 Å². The number of benzene rings is 7. The molecule has 3 heteroatoms. The summed E-state index contributed by atoms with van der Waals surface area (Å²) >= 11 is 1.90. The van der Waals surface area contributed by atoms with Gasteiger partial charge in [0.1, 0.15) is 0 Å². The van der Waals surface area contributed by atoms with E-state index in [0.29, 0.717) is 0 Å². The highest BCUT2D eigenvalue weighted by molar-refractivity contribution is 7.26. The summed E-state index contributed by atoms with van der Waals surface area (Å²) in [6.45, 7) is 0. The van der Waals surface area contributed by atoms with Crippen LogP contribution in [0.2, 0.25) is 0 Å².